The fourth-order valence-electron chi connectivity index (χ4n) is 3.46. The van der Waals surface area contributed by atoms with Crippen molar-refractivity contribution in [3.8, 4) is 11.5 Å². The number of ether oxygens (including phenoxy) is 2. The number of carbonyl (C=O) groups excluding carboxylic acids is 2. The predicted molar refractivity (Wildman–Crippen MR) is 182 cm³/mol. The first kappa shape index (κ1) is 41.0. The highest BCUT2D eigenvalue weighted by atomic mass is 79.9. The van der Waals surface area contributed by atoms with Crippen molar-refractivity contribution in [3.63, 3.8) is 0 Å². The molecule has 0 saturated carbocycles. The van der Waals surface area contributed by atoms with E-state index in [9.17, 15) is 27.2 Å². The highest BCUT2D eigenvalue weighted by molar-refractivity contribution is 9.10. The minimum atomic E-state index is -1.30. The Hall–Kier alpha value is -4.20. The number of thioether (sulfide) groups is 2. The number of hydrogen-bond donors (Lipinski definition) is 2. The number of aromatic nitrogens is 4. The molecule has 49 heavy (non-hydrogen) atoms. The first-order chi connectivity index (χ1) is 23.2. The molecule has 0 aliphatic carbocycles. The molecule has 0 saturated heterocycles. The van der Waals surface area contributed by atoms with Crippen LogP contribution in [0.1, 0.15) is 40.1 Å². The van der Waals surface area contributed by atoms with E-state index < -0.39 is 34.6 Å². The topological polar surface area (TPSA) is 169 Å². The number of amides is 1. The second-order valence-corrected chi connectivity index (χ2v) is 12.2. The normalized spacial score (nSPS) is 10.3. The molecule has 0 bridgehead atoms. The summed E-state index contributed by atoms with van der Waals surface area (Å²) in [5.74, 6) is -3.60. The van der Waals surface area contributed by atoms with Crippen molar-refractivity contribution >= 4 is 62.8 Å². The smallest absolute Gasteiger partial charge is 0.282 e. The van der Waals surface area contributed by atoms with Crippen LogP contribution in [0.2, 0.25) is 0 Å². The van der Waals surface area contributed by atoms with Gasteiger partial charge in [0.25, 0.3) is 5.91 Å². The number of halogens is 5. The van der Waals surface area contributed by atoms with Crippen molar-refractivity contribution in [2.45, 2.75) is 24.2 Å². The lowest BCUT2D eigenvalue weighted by Gasteiger charge is -2.14. The van der Waals surface area contributed by atoms with Crippen molar-refractivity contribution in [2.24, 2.45) is 0 Å². The van der Waals surface area contributed by atoms with Gasteiger partial charge in [0.05, 0.1) is 31.4 Å². The zero-order valence-corrected chi connectivity index (χ0v) is 30.2. The number of ketones is 1. The third-order valence-electron chi connectivity index (χ3n) is 5.87. The van der Waals surface area contributed by atoms with Gasteiger partial charge in [0, 0.05) is 25.5 Å². The minimum absolute atomic E-state index is 0.0877. The highest BCUT2D eigenvalue weighted by Crippen LogP contribution is 2.29. The van der Waals surface area contributed by atoms with Crippen LogP contribution in [-0.4, -0.2) is 76.6 Å². The lowest BCUT2D eigenvalue weighted by atomic mass is 10.0. The standard InChI is InChI=1S/C14H13F2N3O2S.C9H14N4O2S.C7H5BrF2O/c1-3-22-14-18-6-7(13(17)19-14)12(20)10-9(21-2)5-4-8(15)11(10)16;1-4-16-9-11-5-6(7(10)12-9)8(14)13(2)15-3;1-11-7-3-6(10)5(9)2-4(7)8/h4-6H,3H2,1-2H3,(H2,17,18,19);5H,4H2,1-3H3,(H2,10,11,12);2-3H,1H3. The maximum absolute atomic E-state index is 14.0. The van der Waals surface area contributed by atoms with E-state index in [2.05, 4.69) is 35.9 Å². The molecule has 0 spiro atoms. The molecule has 2 aromatic carbocycles. The molecule has 2 heterocycles. The van der Waals surface area contributed by atoms with Gasteiger partial charge in [-0.05, 0) is 45.6 Å². The molecule has 1 amide bonds. The largest absolute Gasteiger partial charge is 0.496 e. The summed E-state index contributed by atoms with van der Waals surface area (Å²) in [6.07, 6.45) is 2.62. The summed E-state index contributed by atoms with van der Waals surface area (Å²) in [4.78, 5) is 44.9. The Morgan fingerprint density at radius 3 is 1.80 bits per heavy atom. The van der Waals surface area contributed by atoms with Crippen LogP contribution in [0.25, 0.3) is 0 Å². The molecule has 4 N–H and O–H groups in total. The third kappa shape index (κ3) is 11.2. The Bertz CT molecular complexity index is 1780. The molecule has 264 valence electrons. The van der Waals surface area contributed by atoms with Gasteiger partial charge in [-0.15, -0.1) is 0 Å². The fourth-order valence-corrected chi connectivity index (χ4v) is 5.03. The SMILES string of the molecule is CCSc1ncc(C(=O)N(C)OC)c(N)n1.CCSc1ncc(C(=O)c2c(OC)ccc(F)c2F)c(N)n1.COc1cc(F)c(F)cc1Br. The van der Waals surface area contributed by atoms with E-state index in [1.165, 1.54) is 70.4 Å². The maximum Gasteiger partial charge on any atom is 0.282 e. The van der Waals surface area contributed by atoms with E-state index in [-0.39, 0.29) is 40.2 Å². The number of anilines is 2. The van der Waals surface area contributed by atoms with Gasteiger partial charge in [0.2, 0.25) is 5.78 Å². The van der Waals surface area contributed by atoms with Gasteiger partial charge in [-0.1, -0.05) is 37.4 Å². The number of hydrogen-bond acceptors (Lipinski definition) is 13. The number of hydroxylamine groups is 2. The number of methoxy groups -OCH3 is 2. The van der Waals surface area contributed by atoms with E-state index in [0.29, 0.717) is 14.8 Å². The Balaban J connectivity index is 0.000000271. The van der Waals surface area contributed by atoms with E-state index in [0.717, 1.165) is 34.8 Å². The number of carbonyl (C=O) groups is 2. The molecule has 0 aliphatic rings. The van der Waals surface area contributed by atoms with Gasteiger partial charge < -0.3 is 20.9 Å². The molecule has 0 atom stereocenters. The molecular formula is C30H32BrF4N7O5S2. The first-order valence-electron chi connectivity index (χ1n) is 13.8. The average molecular weight is 791 g/mol. The molecule has 2 aromatic heterocycles. The maximum atomic E-state index is 14.0. The van der Waals surface area contributed by atoms with Gasteiger partial charge in [-0.3, -0.25) is 14.4 Å². The molecule has 12 nitrogen and oxygen atoms in total. The summed E-state index contributed by atoms with van der Waals surface area (Å²) in [7, 11) is 5.54. The zero-order valence-electron chi connectivity index (χ0n) is 27.0. The van der Waals surface area contributed by atoms with Crippen LogP contribution in [-0.2, 0) is 4.84 Å². The van der Waals surface area contributed by atoms with Crippen LogP contribution < -0.4 is 20.9 Å². The second-order valence-electron chi connectivity index (χ2n) is 8.92. The van der Waals surface area contributed by atoms with Crippen molar-refractivity contribution in [3.05, 3.63) is 81.1 Å². The summed E-state index contributed by atoms with van der Waals surface area (Å²) in [6.45, 7) is 3.90. The van der Waals surface area contributed by atoms with E-state index in [1.807, 2.05) is 13.8 Å². The summed E-state index contributed by atoms with van der Waals surface area (Å²) >= 11 is 5.82. The van der Waals surface area contributed by atoms with E-state index in [1.54, 1.807) is 0 Å². The lowest BCUT2D eigenvalue weighted by molar-refractivity contribution is -0.0756. The Morgan fingerprint density at radius 2 is 1.33 bits per heavy atom. The van der Waals surface area contributed by atoms with Crippen LogP contribution >= 0.6 is 39.5 Å². The van der Waals surface area contributed by atoms with Crippen molar-refractivity contribution < 1.29 is 41.5 Å². The van der Waals surface area contributed by atoms with Crippen LogP contribution in [0.5, 0.6) is 11.5 Å². The lowest BCUT2D eigenvalue weighted by Crippen LogP contribution is -2.26. The monoisotopic (exact) mass is 789 g/mol. The number of rotatable bonds is 10. The van der Waals surface area contributed by atoms with Crippen LogP contribution in [0, 0.1) is 23.3 Å². The number of nitrogens with two attached hydrogens (primary N) is 2. The number of nitrogens with zero attached hydrogens (tertiary/aromatic N) is 5. The minimum Gasteiger partial charge on any atom is -0.496 e. The van der Waals surface area contributed by atoms with Crippen LogP contribution in [0.3, 0.4) is 0 Å². The highest BCUT2D eigenvalue weighted by Gasteiger charge is 2.25. The number of benzene rings is 2. The summed E-state index contributed by atoms with van der Waals surface area (Å²) < 4.78 is 62.3. The molecule has 4 aromatic rings. The van der Waals surface area contributed by atoms with E-state index in [4.69, 9.17) is 25.8 Å². The van der Waals surface area contributed by atoms with Crippen molar-refractivity contribution in [2.75, 3.05) is 51.4 Å². The second kappa shape index (κ2) is 19.7. The molecule has 0 radical (unpaired) electrons. The van der Waals surface area contributed by atoms with Crippen molar-refractivity contribution in [1.29, 1.82) is 0 Å². The fraction of sp³-hybridized carbons (Fsp3) is 0.267. The van der Waals surface area contributed by atoms with Crippen LogP contribution in [0.4, 0.5) is 29.2 Å². The Morgan fingerprint density at radius 1 is 0.816 bits per heavy atom. The Labute approximate surface area is 296 Å². The Kier molecular flexibility index (Phi) is 16.5. The third-order valence-corrected chi connectivity index (χ3v) is 7.98. The molecule has 0 unspecified atom stereocenters. The average Bonchev–Trinajstić information content (AvgIpc) is 3.07. The van der Waals surface area contributed by atoms with Gasteiger partial charge in [0.15, 0.2) is 33.6 Å². The van der Waals surface area contributed by atoms with Gasteiger partial charge in [0.1, 0.15) is 34.3 Å². The predicted octanol–water partition coefficient (Wildman–Crippen LogP) is 6.23. The number of nitrogen functional groups attached to an aromatic ring is 2. The summed E-state index contributed by atoms with van der Waals surface area (Å²) in [5, 5.41) is 2.04. The van der Waals surface area contributed by atoms with Gasteiger partial charge in [-0.2, -0.15) is 0 Å². The molecule has 0 fully saturated rings. The molecule has 0 aliphatic heterocycles. The molecule has 19 heteroatoms. The molecular weight excluding hydrogens is 758 g/mol. The summed E-state index contributed by atoms with van der Waals surface area (Å²) in [6, 6.07) is 4.06. The van der Waals surface area contributed by atoms with Gasteiger partial charge in [-0.25, -0.2) is 42.6 Å². The quantitative estimate of drug-likeness (QED) is 0.0464. The zero-order chi connectivity index (χ0) is 36.8. The van der Waals surface area contributed by atoms with Gasteiger partial charge >= 0.3 is 0 Å². The van der Waals surface area contributed by atoms with Crippen LogP contribution in [0.15, 0.2) is 51.4 Å². The first-order valence-corrected chi connectivity index (χ1v) is 16.6. The van der Waals surface area contributed by atoms with E-state index >= 15 is 0 Å². The summed E-state index contributed by atoms with van der Waals surface area (Å²) in [5.41, 5.74) is 11.0. The molecule has 4 rings (SSSR count). The van der Waals surface area contributed by atoms with Crippen molar-refractivity contribution in [1.82, 2.24) is 25.0 Å².